The van der Waals surface area contributed by atoms with Crippen LogP contribution in [0.4, 0.5) is 0 Å². The molecule has 1 spiro atoms. The summed E-state index contributed by atoms with van der Waals surface area (Å²) in [6.07, 6.45) is 0. The lowest BCUT2D eigenvalue weighted by molar-refractivity contribution is 0.563. The number of rotatable bonds is 5. The van der Waals surface area contributed by atoms with Crippen molar-refractivity contribution in [1.82, 2.24) is 0 Å². The Labute approximate surface area is 303 Å². The molecule has 0 aliphatic heterocycles. The van der Waals surface area contributed by atoms with Gasteiger partial charge in [0.1, 0.15) is 0 Å². The van der Waals surface area contributed by atoms with Crippen molar-refractivity contribution in [3.05, 3.63) is 208 Å². The Morgan fingerprint density at radius 1 is 0.510 bits per heavy atom. The first-order valence-electron chi connectivity index (χ1n) is 18.0. The average molecular weight is 661 g/mol. The molecule has 0 saturated carbocycles. The molecule has 8 rings (SSSR count). The van der Waals surface area contributed by atoms with Gasteiger partial charge in [0.05, 0.1) is 16.8 Å². The van der Waals surface area contributed by atoms with Crippen LogP contribution in [0.2, 0.25) is 0 Å². The molecule has 2 aliphatic carbocycles. The topological polar surface area (TPSA) is 24.7 Å². The van der Waals surface area contributed by atoms with Crippen molar-refractivity contribution in [3.63, 3.8) is 0 Å². The lowest BCUT2D eigenvalue weighted by atomic mass is 9.55. The van der Waals surface area contributed by atoms with Crippen LogP contribution in [-0.2, 0) is 16.2 Å². The van der Waals surface area contributed by atoms with E-state index in [0.29, 0.717) is 5.70 Å². The third kappa shape index (κ3) is 5.08. The fourth-order valence-electron chi connectivity index (χ4n) is 8.51. The largest absolute Gasteiger partial charge is 0.151 e. The highest BCUT2D eigenvalue weighted by atomic mass is 15.1. The van der Waals surface area contributed by atoms with Crippen molar-refractivity contribution >= 4 is 17.0 Å². The minimum Gasteiger partial charge on any atom is -0.151 e. The van der Waals surface area contributed by atoms with Crippen molar-refractivity contribution in [2.75, 3.05) is 0 Å². The highest BCUT2D eigenvalue weighted by molar-refractivity contribution is 5.93. The molecule has 0 amide bonds. The van der Waals surface area contributed by atoms with Crippen molar-refractivity contribution in [3.8, 4) is 11.1 Å². The number of hydrogen-bond donors (Lipinski definition) is 0. The summed E-state index contributed by atoms with van der Waals surface area (Å²) in [5, 5.41) is 9.85. The number of fused-ring (bicyclic) bond motifs is 9. The average Bonchev–Trinajstić information content (AvgIpc) is 3.44. The molecule has 2 aliphatic rings. The maximum atomic E-state index is 5.04. The highest BCUT2D eigenvalue weighted by Crippen LogP contribution is 2.62. The summed E-state index contributed by atoms with van der Waals surface area (Å²) in [6.45, 7) is 17.9. The summed E-state index contributed by atoms with van der Waals surface area (Å²) >= 11 is 0. The molecular formula is C49H44N2. The Hall–Kier alpha value is -5.60. The summed E-state index contributed by atoms with van der Waals surface area (Å²) in [4.78, 5) is 0. The summed E-state index contributed by atoms with van der Waals surface area (Å²) in [7, 11) is 0. The van der Waals surface area contributed by atoms with Crippen molar-refractivity contribution in [2.45, 2.75) is 57.8 Å². The first kappa shape index (κ1) is 32.6. The van der Waals surface area contributed by atoms with E-state index in [1.165, 1.54) is 50.1 Å². The van der Waals surface area contributed by atoms with E-state index in [0.717, 1.165) is 28.0 Å². The molecular weight excluding hydrogens is 617 g/mol. The number of benzene rings is 6. The summed E-state index contributed by atoms with van der Waals surface area (Å²) in [6, 6.07) is 53.1. The molecule has 0 aromatic heterocycles. The van der Waals surface area contributed by atoms with Gasteiger partial charge in [0, 0.05) is 16.5 Å². The van der Waals surface area contributed by atoms with Gasteiger partial charge >= 0.3 is 0 Å². The standard InChI is InChI=1S/C49H44N2/c1-32(34-17-9-8-10-18-34)46(51-50-33(2)35-25-28-37(29-26-35)47(3,4)5)36-27-30-39-38-19-11-12-20-40(38)49(45(39)31-36)43-23-15-13-21-41(43)48(6,7)42-22-14-16-24-44(42)49/h8-31H,2H2,1,3-7H3/b46-32+,51-50-. The third-order valence-electron chi connectivity index (χ3n) is 11.2. The second-order valence-electron chi connectivity index (χ2n) is 15.6. The first-order valence-corrected chi connectivity index (χ1v) is 18.0. The monoisotopic (exact) mass is 660 g/mol. The number of hydrogen-bond acceptors (Lipinski definition) is 2. The van der Waals surface area contributed by atoms with E-state index in [9.17, 15) is 0 Å². The molecule has 0 atom stereocenters. The molecule has 0 bridgehead atoms. The van der Waals surface area contributed by atoms with Gasteiger partial charge in [-0.05, 0) is 79.6 Å². The Bertz CT molecular complexity index is 2330. The van der Waals surface area contributed by atoms with Gasteiger partial charge in [-0.2, -0.15) is 5.11 Å². The molecule has 0 N–H and O–H groups in total. The van der Waals surface area contributed by atoms with Gasteiger partial charge in [-0.25, -0.2) is 0 Å². The molecule has 250 valence electrons. The molecule has 6 aromatic carbocycles. The van der Waals surface area contributed by atoms with Crippen LogP contribution < -0.4 is 0 Å². The highest BCUT2D eigenvalue weighted by Gasteiger charge is 2.53. The van der Waals surface area contributed by atoms with E-state index >= 15 is 0 Å². The summed E-state index contributed by atoms with van der Waals surface area (Å²) < 4.78 is 0. The lowest BCUT2D eigenvalue weighted by Gasteiger charge is -2.46. The smallest absolute Gasteiger partial charge is 0.0964 e. The van der Waals surface area contributed by atoms with Crippen LogP contribution in [0, 0.1) is 0 Å². The van der Waals surface area contributed by atoms with Crippen LogP contribution >= 0.6 is 0 Å². The van der Waals surface area contributed by atoms with Crippen molar-refractivity contribution in [2.24, 2.45) is 10.2 Å². The van der Waals surface area contributed by atoms with Gasteiger partial charge in [-0.1, -0.05) is 181 Å². The molecule has 2 heteroatoms. The van der Waals surface area contributed by atoms with Crippen LogP contribution in [-0.4, -0.2) is 0 Å². The second-order valence-corrected chi connectivity index (χ2v) is 15.6. The van der Waals surface area contributed by atoms with E-state index in [-0.39, 0.29) is 10.8 Å². The molecule has 2 nitrogen and oxygen atoms in total. The SMILES string of the molecule is C=C(/N=N\C(=C(/C)c1ccccc1)c1ccc2c(c1)C1(c3ccccc3-2)c2ccccc2C(C)(C)c2ccccc21)c1ccc(C(C)(C)C)cc1. The Kier molecular flexibility index (Phi) is 7.68. The molecule has 0 unspecified atom stereocenters. The third-order valence-corrected chi connectivity index (χ3v) is 11.2. The van der Waals surface area contributed by atoms with Crippen molar-refractivity contribution in [1.29, 1.82) is 0 Å². The maximum absolute atomic E-state index is 5.04. The lowest BCUT2D eigenvalue weighted by Crippen LogP contribution is -2.40. The molecule has 0 heterocycles. The predicted octanol–water partition coefficient (Wildman–Crippen LogP) is 13.0. The molecule has 0 radical (unpaired) electrons. The minimum atomic E-state index is -0.480. The van der Waals surface area contributed by atoms with E-state index in [2.05, 4.69) is 194 Å². The summed E-state index contributed by atoms with van der Waals surface area (Å²) in [5.74, 6) is 0. The molecule has 51 heavy (non-hydrogen) atoms. The van der Waals surface area contributed by atoms with E-state index in [4.69, 9.17) is 10.2 Å². The van der Waals surface area contributed by atoms with Crippen LogP contribution in [0.25, 0.3) is 28.1 Å². The van der Waals surface area contributed by atoms with Gasteiger partial charge < -0.3 is 0 Å². The van der Waals surface area contributed by atoms with Crippen LogP contribution in [0.1, 0.15) is 97.2 Å². The van der Waals surface area contributed by atoms with Gasteiger partial charge in [-0.15, -0.1) is 5.11 Å². The van der Waals surface area contributed by atoms with Gasteiger partial charge in [0.2, 0.25) is 0 Å². The van der Waals surface area contributed by atoms with Crippen LogP contribution in [0.5, 0.6) is 0 Å². The van der Waals surface area contributed by atoms with Gasteiger partial charge in [0.25, 0.3) is 0 Å². The van der Waals surface area contributed by atoms with E-state index in [1.807, 2.05) is 0 Å². The minimum absolute atomic E-state index is 0.0732. The van der Waals surface area contributed by atoms with E-state index in [1.54, 1.807) is 0 Å². The first-order chi connectivity index (χ1) is 24.5. The zero-order valence-electron chi connectivity index (χ0n) is 30.5. The number of allylic oxidation sites excluding steroid dienone is 1. The second kappa shape index (κ2) is 12.0. The van der Waals surface area contributed by atoms with Gasteiger partial charge in [0.15, 0.2) is 0 Å². The fourth-order valence-corrected chi connectivity index (χ4v) is 8.51. The summed E-state index contributed by atoms with van der Waals surface area (Å²) in [5.41, 5.74) is 16.9. The zero-order valence-corrected chi connectivity index (χ0v) is 30.5. The zero-order chi connectivity index (χ0) is 35.5. The maximum Gasteiger partial charge on any atom is 0.0964 e. The molecule has 6 aromatic rings. The quantitative estimate of drug-likeness (QED) is 0.130. The van der Waals surface area contributed by atoms with Crippen molar-refractivity contribution < 1.29 is 0 Å². The van der Waals surface area contributed by atoms with E-state index < -0.39 is 5.41 Å². The Balaban J connectivity index is 1.35. The van der Waals surface area contributed by atoms with Gasteiger partial charge in [-0.3, -0.25) is 0 Å². The molecule has 0 fully saturated rings. The normalized spacial score (nSPS) is 15.5. The van der Waals surface area contributed by atoms with Crippen LogP contribution in [0.15, 0.2) is 162 Å². The predicted molar refractivity (Wildman–Crippen MR) is 214 cm³/mol. The fraction of sp³-hybridized carbons (Fsp3) is 0.184. The Morgan fingerprint density at radius 2 is 1.02 bits per heavy atom. The van der Waals surface area contributed by atoms with Crippen LogP contribution in [0.3, 0.4) is 0 Å². The molecule has 0 saturated heterocycles. The number of azo groups is 1. The Morgan fingerprint density at radius 3 is 1.63 bits per heavy atom. The number of nitrogens with zero attached hydrogens (tertiary/aromatic N) is 2.